The van der Waals surface area contributed by atoms with Crippen LogP contribution in [0.3, 0.4) is 0 Å². The van der Waals surface area contributed by atoms with Crippen molar-refractivity contribution in [1.29, 1.82) is 0 Å². The highest BCUT2D eigenvalue weighted by Crippen LogP contribution is 2.37. The first kappa shape index (κ1) is 9.37. The molecule has 0 bridgehead atoms. The van der Waals surface area contributed by atoms with Gasteiger partial charge in [0.1, 0.15) is 5.75 Å². The van der Waals surface area contributed by atoms with Crippen molar-refractivity contribution in [2.45, 2.75) is 4.90 Å². The summed E-state index contributed by atoms with van der Waals surface area (Å²) in [6.45, 7) is 0. The molecule has 1 nitrogen and oxygen atoms in total. The fraction of sp³-hybridized carbons (Fsp3) is 0.111. The number of phenols is 1. The highest BCUT2D eigenvalue weighted by atomic mass is 79.9. The maximum Gasteiger partial charge on any atom is 0.130 e. The van der Waals surface area contributed by atoms with Crippen LogP contribution in [0.1, 0.15) is 0 Å². The van der Waals surface area contributed by atoms with Crippen molar-refractivity contribution in [2.24, 2.45) is 0 Å². The summed E-state index contributed by atoms with van der Waals surface area (Å²) in [6.07, 6.45) is 1.96. The second-order valence-electron chi connectivity index (χ2n) is 2.61. The van der Waals surface area contributed by atoms with Crippen molar-refractivity contribution in [3.8, 4) is 5.75 Å². The lowest BCUT2D eigenvalue weighted by Crippen LogP contribution is -1.71. The number of benzene rings is 1. The summed E-state index contributed by atoms with van der Waals surface area (Å²) >= 11 is 6.62. The Morgan fingerprint density at radius 1 is 1.38 bits per heavy atom. The molecule has 0 aliphatic heterocycles. The van der Waals surface area contributed by atoms with Crippen LogP contribution in [0.25, 0.3) is 10.1 Å². The van der Waals surface area contributed by atoms with E-state index in [1.54, 1.807) is 23.1 Å². The van der Waals surface area contributed by atoms with E-state index in [1.165, 1.54) is 5.39 Å². The Kier molecular flexibility index (Phi) is 2.53. The third kappa shape index (κ3) is 1.71. The van der Waals surface area contributed by atoms with Crippen LogP contribution in [-0.4, -0.2) is 11.4 Å². The average Bonchev–Trinajstić information content (AvgIpc) is 2.42. The molecule has 0 radical (unpaired) electrons. The Bertz CT molecular complexity index is 450. The summed E-state index contributed by atoms with van der Waals surface area (Å²) in [7, 11) is 0. The first-order valence-corrected chi connectivity index (χ1v) is 6.50. The average molecular weight is 275 g/mol. The van der Waals surface area contributed by atoms with Gasteiger partial charge in [0, 0.05) is 9.60 Å². The molecule has 4 heteroatoms. The molecule has 0 spiro atoms. The molecule has 0 amide bonds. The van der Waals surface area contributed by atoms with Crippen LogP contribution in [0.2, 0.25) is 0 Å². The molecule has 1 aromatic heterocycles. The van der Waals surface area contributed by atoms with Crippen molar-refractivity contribution in [3.05, 3.63) is 22.0 Å². The standard InChI is InChI=1S/C9H7BrOS2/c1-12-8-2-5-3-9(10)13-7(5)4-6(8)11/h2-4,11H,1H3. The molecule has 1 heterocycles. The Morgan fingerprint density at radius 3 is 2.85 bits per heavy atom. The van der Waals surface area contributed by atoms with Crippen LogP contribution < -0.4 is 0 Å². The summed E-state index contributed by atoms with van der Waals surface area (Å²) in [4.78, 5) is 0.929. The number of fused-ring (bicyclic) bond motifs is 1. The van der Waals surface area contributed by atoms with E-state index in [0.717, 1.165) is 13.4 Å². The van der Waals surface area contributed by atoms with Gasteiger partial charge in [-0.2, -0.15) is 0 Å². The summed E-state index contributed by atoms with van der Waals surface area (Å²) < 4.78 is 2.21. The van der Waals surface area contributed by atoms with E-state index in [-0.39, 0.29) is 0 Å². The van der Waals surface area contributed by atoms with Crippen LogP contribution in [0.15, 0.2) is 26.9 Å². The van der Waals surface area contributed by atoms with Gasteiger partial charge in [-0.15, -0.1) is 23.1 Å². The van der Waals surface area contributed by atoms with Crippen LogP contribution in [-0.2, 0) is 0 Å². The first-order chi connectivity index (χ1) is 6.20. The molecule has 0 saturated carbocycles. The maximum atomic E-state index is 9.59. The van der Waals surface area contributed by atoms with Gasteiger partial charge < -0.3 is 5.11 Å². The lowest BCUT2D eigenvalue weighted by atomic mass is 10.2. The number of aromatic hydroxyl groups is 1. The third-order valence-corrected chi connectivity index (χ3v) is 4.16. The minimum absolute atomic E-state index is 0.370. The van der Waals surface area contributed by atoms with Crippen LogP contribution in [0, 0.1) is 0 Å². The van der Waals surface area contributed by atoms with Crippen molar-refractivity contribution >= 4 is 49.1 Å². The van der Waals surface area contributed by atoms with Gasteiger partial charge in [0.25, 0.3) is 0 Å². The molecule has 0 atom stereocenters. The number of hydrogen-bond acceptors (Lipinski definition) is 3. The Balaban J connectivity index is 2.72. The van der Waals surface area contributed by atoms with E-state index < -0.39 is 0 Å². The Morgan fingerprint density at radius 2 is 2.15 bits per heavy atom. The highest BCUT2D eigenvalue weighted by Gasteiger charge is 2.05. The Labute approximate surface area is 92.9 Å². The van der Waals surface area contributed by atoms with E-state index in [9.17, 15) is 5.11 Å². The number of phenolic OH excluding ortho intramolecular Hbond substituents is 1. The number of thiophene rings is 1. The first-order valence-electron chi connectivity index (χ1n) is 3.67. The minimum Gasteiger partial charge on any atom is -0.507 e. The van der Waals surface area contributed by atoms with Gasteiger partial charge >= 0.3 is 0 Å². The topological polar surface area (TPSA) is 20.2 Å². The van der Waals surface area contributed by atoms with E-state index in [0.29, 0.717) is 5.75 Å². The molecule has 0 unspecified atom stereocenters. The molecule has 0 aliphatic carbocycles. The van der Waals surface area contributed by atoms with Gasteiger partial charge in [0.2, 0.25) is 0 Å². The Hall–Kier alpha value is -0.190. The quantitative estimate of drug-likeness (QED) is 0.791. The minimum atomic E-state index is 0.370. The van der Waals surface area contributed by atoms with Crippen molar-refractivity contribution in [2.75, 3.05) is 6.26 Å². The van der Waals surface area contributed by atoms with Crippen molar-refractivity contribution in [3.63, 3.8) is 0 Å². The van der Waals surface area contributed by atoms with Gasteiger partial charge in [-0.3, -0.25) is 0 Å². The summed E-state index contributed by atoms with van der Waals surface area (Å²) in [5.74, 6) is 0.370. The SMILES string of the molecule is CSc1cc2cc(Br)sc2cc1O. The molecule has 2 aromatic rings. The predicted molar refractivity (Wildman–Crippen MR) is 63.0 cm³/mol. The maximum absolute atomic E-state index is 9.59. The summed E-state index contributed by atoms with van der Waals surface area (Å²) in [6, 6.07) is 5.90. The van der Waals surface area contributed by atoms with Crippen LogP contribution in [0.4, 0.5) is 0 Å². The molecular formula is C9H7BrOS2. The van der Waals surface area contributed by atoms with Gasteiger partial charge in [-0.05, 0) is 45.8 Å². The van der Waals surface area contributed by atoms with Crippen molar-refractivity contribution < 1.29 is 5.11 Å². The molecular weight excluding hydrogens is 268 g/mol. The second kappa shape index (κ2) is 3.52. The molecule has 1 aromatic carbocycles. The largest absolute Gasteiger partial charge is 0.507 e. The van der Waals surface area contributed by atoms with Gasteiger partial charge in [0.05, 0.1) is 3.79 Å². The summed E-state index contributed by atoms with van der Waals surface area (Å²) in [5.41, 5.74) is 0. The van der Waals surface area contributed by atoms with Gasteiger partial charge in [-0.25, -0.2) is 0 Å². The number of rotatable bonds is 1. The lowest BCUT2D eigenvalue weighted by molar-refractivity contribution is 0.463. The zero-order valence-electron chi connectivity index (χ0n) is 6.87. The summed E-state index contributed by atoms with van der Waals surface area (Å²) in [5, 5.41) is 10.8. The zero-order valence-corrected chi connectivity index (χ0v) is 10.1. The monoisotopic (exact) mass is 274 g/mol. The molecule has 2 rings (SSSR count). The van der Waals surface area contributed by atoms with Crippen LogP contribution >= 0.6 is 39.0 Å². The molecule has 0 fully saturated rings. The van der Waals surface area contributed by atoms with E-state index >= 15 is 0 Å². The zero-order chi connectivity index (χ0) is 9.42. The number of halogens is 1. The molecule has 0 saturated heterocycles. The fourth-order valence-electron chi connectivity index (χ4n) is 1.19. The molecule has 0 aliphatic rings. The van der Waals surface area contributed by atoms with E-state index in [4.69, 9.17) is 0 Å². The molecule has 68 valence electrons. The van der Waals surface area contributed by atoms with E-state index in [1.807, 2.05) is 18.4 Å². The predicted octanol–water partition coefficient (Wildman–Crippen LogP) is 4.09. The van der Waals surface area contributed by atoms with E-state index in [2.05, 4.69) is 22.0 Å². The third-order valence-electron chi connectivity index (χ3n) is 1.79. The lowest BCUT2D eigenvalue weighted by Gasteiger charge is -1.99. The number of hydrogen-bond donors (Lipinski definition) is 1. The smallest absolute Gasteiger partial charge is 0.130 e. The normalized spacial score (nSPS) is 10.9. The molecule has 13 heavy (non-hydrogen) atoms. The molecule has 1 N–H and O–H groups in total. The number of thioether (sulfide) groups is 1. The van der Waals surface area contributed by atoms with Gasteiger partial charge in [0.15, 0.2) is 0 Å². The van der Waals surface area contributed by atoms with Gasteiger partial charge in [-0.1, -0.05) is 0 Å². The van der Waals surface area contributed by atoms with Crippen molar-refractivity contribution in [1.82, 2.24) is 0 Å². The highest BCUT2D eigenvalue weighted by molar-refractivity contribution is 9.11. The second-order valence-corrected chi connectivity index (χ2v) is 5.92. The van der Waals surface area contributed by atoms with Crippen LogP contribution in [0.5, 0.6) is 5.75 Å². The fourth-order valence-corrected chi connectivity index (χ4v) is 3.27.